The van der Waals surface area contributed by atoms with Crippen LogP contribution in [0, 0.1) is 16.7 Å². The fourth-order valence-electron chi connectivity index (χ4n) is 4.48. The standard InChI is InChI=1S/C20H25N5OS/c1-19(2)14-9-10-20(19,3)16(11-14)22-23-17(26)12-27-18-24-21-13-25(18)15-7-5-4-6-8-15/h4-8,13-14H,9-12H2,1-3H3,(H,23,26)/b22-16-. The van der Waals surface area contributed by atoms with Crippen LogP contribution in [0.4, 0.5) is 0 Å². The van der Waals surface area contributed by atoms with Crippen LogP contribution in [0.5, 0.6) is 0 Å². The van der Waals surface area contributed by atoms with Crippen molar-refractivity contribution < 1.29 is 4.79 Å². The molecule has 1 aromatic carbocycles. The second-order valence-electron chi connectivity index (χ2n) is 8.19. The summed E-state index contributed by atoms with van der Waals surface area (Å²) >= 11 is 1.36. The van der Waals surface area contributed by atoms with E-state index < -0.39 is 0 Å². The number of hydrazone groups is 1. The lowest BCUT2D eigenvalue weighted by molar-refractivity contribution is -0.118. The number of nitrogens with one attached hydrogen (secondary N) is 1. The van der Waals surface area contributed by atoms with Crippen LogP contribution in [0.1, 0.15) is 40.0 Å². The van der Waals surface area contributed by atoms with Gasteiger partial charge < -0.3 is 0 Å². The maximum Gasteiger partial charge on any atom is 0.250 e. The zero-order valence-electron chi connectivity index (χ0n) is 16.0. The van der Waals surface area contributed by atoms with Gasteiger partial charge in [-0.15, -0.1) is 10.2 Å². The number of hydrogen-bond donors (Lipinski definition) is 1. The number of carbonyl (C=O) groups is 1. The van der Waals surface area contributed by atoms with Gasteiger partial charge in [0.2, 0.25) is 0 Å². The first kappa shape index (κ1) is 18.2. The molecule has 2 aliphatic rings. The quantitative estimate of drug-likeness (QED) is 0.631. The SMILES string of the molecule is CC12CCC(C/C1=N/NC(=O)CSc1nncn1-c1ccccc1)C2(C)C. The molecule has 1 heterocycles. The van der Waals surface area contributed by atoms with Gasteiger partial charge in [0.25, 0.3) is 5.91 Å². The van der Waals surface area contributed by atoms with E-state index in [9.17, 15) is 4.79 Å². The molecule has 2 saturated carbocycles. The summed E-state index contributed by atoms with van der Waals surface area (Å²) in [6.45, 7) is 6.96. The van der Waals surface area contributed by atoms with Crippen LogP contribution in [0.2, 0.25) is 0 Å². The van der Waals surface area contributed by atoms with Gasteiger partial charge in [-0.2, -0.15) is 5.10 Å². The topological polar surface area (TPSA) is 72.2 Å². The number of fused-ring (bicyclic) bond motifs is 2. The van der Waals surface area contributed by atoms with Crippen molar-refractivity contribution in [2.45, 2.75) is 45.2 Å². The second-order valence-corrected chi connectivity index (χ2v) is 9.14. The Morgan fingerprint density at radius 2 is 2.11 bits per heavy atom. The van der Waals surface area contributed by atoms with Crippen molar-refractivity contribution >= 4 is 23.4 Å². The molecule has 27 heavy (non-hydrogen) atoms. The highest BCUT2D eigenvalue weighted by Gasteiger charge is 2.59. The van der Waals surface area contributed by atoms with Crippen molar-refractivity contribution in [3.63, 3.8) is 0 Å². The minimum atomic E-state index is -0.112. The molecule has 7 heteroatoms. The number of hydrogen-bond acceptors (Lipinski definition) is 5. The van der Waals surface area contributed by atoms with Crippen LogP contribution in [0.25, 0.3) is 5.69 Å². The maximum atomic E-state index is 12.3. The van der Waals surface area contributed by atoms with Gasteiger partial charge in [-0.3, -0.25) is 9.36 Å². The summed E-state index contributed by atoms with van der Waals surface area (Å²) in [5.41, 5.74) is 5.25. The Morgan fingerprint density at radius 3 is 2.78 bits per heavy atom. The summed E-state index contributed by atoms with van der Waals surface area (Å²) in [5.74, 6) is 0.822. The number of carbonyl (C=O) groups excluding carboxylic acids is 1. The number of benzene rings is 1. The Labute approximate surface area is 163 Å². The van der Waals surface area contributed by atoms with Gasteiger partial charge in [-0.1, -0.05) is 50.7 Å². The molecule has 2 atom stereocenters. The van der Waals surface area contributed by atoms with Gasteiger partial charge in [-0.25, -0.2) is 5.43 Å². The molecular formula is C20H25N5OS. The van der Waals surface area contributed by atoms with E-state index in [1.54, 1.807) is 6.33 Å². The molecule has 4 rings (SSSR count). The molecule has 2 aromatic rings. The van der Waals surface area contributed by atoms with E-state index in [4.69, 9.17) is 0 Å². The third-order valence-electron chi connectivity index (χ3n) is 6.71. The molecule has 2 fully saturated rings. The zero-order chi connectivity index (χ0) is 19.1. The van der Waals surface area contributed by atoms with E-state index >= 15 is 0 Å². The largest absolute Gasteiger partial charge is 0.277 e. The Morgan fingerprint density at radius 1 is 1.33 bits per heavy atom. The van der Waals surface area contributed by atoms with E-state index in [0.717, 1.165) is 24.2 Å². The molecule has 1 N–H and O–H groups in total. The van der Waals surface area contributed by atoms with Gasteiger partial charge >= 0.3 is 0 Å². The van der Waals surface area contributed by atoms with Crippen molar-refractivity contribution in [3.05, 3.63) is 36.7 Å². The highest BCUT2D eigenvalue weighted by atomic mass is 32.2. The number of amides is 1. The highest BCUT2D eigenvalue weighted by Crippen LogP contribution is 2.63. The summed E-state index contributed by atoms with van der Waals surface area (Å²) in [4.78, 5) is 12.3. The number of para-hydroxylation sites is 1. The third-order valence-corrected chi connectivity index (χ3v) is 7.65. The van der Waals surface area contributed by atoms with Crippen LogP contribution < -0.4 is 5.43 Å². The van der Waals surface area contributed by atoms with Gasteiger partial charge in [0, 0.05) is 16.8 Å². The molecule has 1 aromatic heterocycles. The first-order valence-electron chi connectivity index (χ1n) is 9.36. The van der Waals surface area contributed by atoms with Crippen LogP contribution in [-0.4, -0.2) is 32.1 Å². The second kappa shape index (κ2) is 6.78. The fourth-order valence-corrected chi connectivity index (χ4v) is 5.20. The molecular weight excluding hydrogens is 358 g/mol. The Balaban J connectivity index is 1.38. The lowest BCUT2D eigenvalue weighted by Crippen LogP contribution is -2.34. The molecule has 0 saturated heterocycles. The van der Waals surface area contributed by atoms with E-state index in [0.29, 0.717) is 11.1 Å². The maximum absolute atomic E-state index is 12.3. The Hall–Kier alpha value is -2.15. The van der Waals surface area contributed by atoms with Crippen LogP contribution in [0.3, 0.4) is 0 Å². The molecule has 142 valence electrons. The van der Waals surface area contributed by atoms with Crippen molar-refractivity contribution in [2.75, 3.05) is 5.75 Å². The van der Waals surface area contributed by atoms with Gasteiger partial charge in [-0.05, 0) is 42.7 Å². The predicted molar refractivity (Wildman–Crippen MR) is 107 cm³/mol. The molecule has 2 unspecified atom stereocenters. The van der Waals surface area contributed by atoms with Crippen LogP contribution in [0.15, 0.2) is 46.9 Å². The summed E-state index contributed by atoms with van der Waals surface area (Å²) in [5, 5.41) is 13.3. The fraction of sp³-hybridized carbons (Fsp3) is 0.500. The van der Waals surface area contributed by atoms with Crippen molar-refractivity contribution in [1.82, 2.24) is 20.2 Å². The molecule has 0 aliphatic heterocycles. The van der Waals surface area contributed by atoms with E-state index in [2.05, 4.69) is 41.5 Å². The Kier molecular flexibility index (Phi) is 4.58. The monoisotopic (exact) mass is 383 g/mol. The van der Waals surface area contributed by atoms with E-state index in [1.165, 1.54) is 18.2 Å². The van der Waals surface area contributed by atoms with Crippen LogP contribution in [-0.2, 0) is 4.79 Å². The molecule has 0 spiro atoms. The van der Waals surface area contributed by atoms with Crippen LogP contribution >= 0.6 is 11.8 Å². The normalized spacial score (nSPS) is 27.2. The van der Waals surface area contributed by atoms with E-state index in [-0.39, 0.29) is 22.5 Å². The average molecular weight is 384 g/mol. The Bertz CT molecular complexity index is 876. The number of thioether (sulfide) groups is 1. The first-order chi connectivity index (χ1) is 12.9. The molecule has 6 nitrogen and oxygen atoms in total. The average Bonchev–Trinajstić information content (AvgIpc) is 3.27. The summed E-state index contributed by atoms with van der Waals surface area (Å²) in [6.07, 6.45) is 5.09. The summed E-state index contributed by atoms with van der Waals surface area (Å²) < 4.78 is 1.88. The lowest BCUT2D eigenvalue weighted by Gasteiger charge is -2.34. The first-order valence-corrected chi connectivity index (χ1v) is 10.3. The van der Waals surface area contributed by atoms with E-state index in [1.807, 2.05) is 34.9 Å². The molecule has 1 amide bonds. The van der Waals surface area contributed by atoms with Crippen molar-refractivity contribution in [1.29, 1.82) is 0 Å². The number of nitrogens with zero attached hydrogens (tertiary/aromatic N) is 4. The zero-order valence-corrected chi connectivity index (χ0v) is 16.8. The summed E-state index contributed by atoms with van der Waals surface area (Å²) in [6, 6.07) is 9.85. The smallest absolute Gasteiger partial charge is 0.250 e. The van der Waals surface area contributed by atoms with Gasteiger partial charge in [0.15, 0.2) is 5.16 Å². The predicted octanol–water partition coefficient (Wildman–Crippen LogP) is 3.68. The van der Waals surface area contributed by atoms with Gasteiger partial charge in [0.05, 0.1) is 5.75 Å². The molecule has 2 bridgehead atoms. The number of rotatable bonds is 5. The summed E-state index contributed by atoms with van der Waals surface area (Å²) in [7, 11) is 0. The lowest BCUT2D eigenvalue weighted by atomic mass is 9.70. The molecule has 0 radical (unpaired) electrons. The van der Waals surface area contributed by atoms with Crippen molar-refractivity contribution in [3.8, 4) is 5.69 Å². The minimum Gasteiger partial charge on any atom is -0.277 e. The number of aromatic nitrogens is 3. The van der Waals surface area contributed by atoms with Gasteiger partial charge in [0.1, 0.15) is 6.33 Å². The molecule has 2 aliphatic carbocycles. The third kappa shape index (κ3) is 3.08. The minimum absolute atomic E-state index is 0.103. The van der Waals surface area contributed by atoms with Crippen molar-refractivity contribution in [2.24, 2.45) is 21.8 Å². The highest BCUT2D eigenvalue weighted by molar-refractivity contribution is 7.99.